The molecule has 0 fully saturated rings. The Morgan fingerprint density at radius 3 is 2.45 bits per heavy atom. The number of carbonyl (C=O) groups is 2. The maximum atomic E-state index is 13.3. The maximum Gasteiger partial charge on any atom is 0.343 e. The summed E-state index contributed by atoms with van der Waals surface area (Å²) in [6.45, 7) is 1.69. The molecule has 0 bridgehead atoms. The van der Waals surface area contributed by atoms with E-state index in [9.17, 15) is 14.0 Å². The van der Waals surface area contributed by atoms with Crippen LogP contribution in [0.1, 0.15) is 34.1 Å². The second kappa shape index (κ2) is 6.10. The molecule has 102 valence electrons. The van der Waals surface area contributed by atoms with E-state index in [1.807, 2.05) is 0 Å². The van der Waals surface area contributed by atoms with E-state index in [2.05, 4.69) is 0 Å². The van der Waals surface area contributed by atoms with Crippen molar-refractivity contribution in [1.29, 1.82) is 0 Å². The van der Waals surface area contributed by atoms with Crippen LogP contribution in [0.2, 0.25) is 0 Å². The Hall–Kier alpha value is -2.49. The zero-order chi connectivity index (χ0) is 14.5. The van der Waals surface area contributed by atoms with E-state index in [4.69, 9.17) is 4.74 Å². The Balaban J connectivity index is 2.31. The van der Waals surface area contributed by atoms with E-state index in [0.717, 1.165) is 6.07 Å². The van der Waals surface area contributed by atoms with Gasteiger partial charge in [-0.25, -0.2) is 9.18 Å². The van der Waals surface area contributed by atoms with E-state index in [0.29, 0.717) is 5.56 Å². The molecule has 0 heterocycles. The largest absolute Gasteiger partial charge is 0.422 e. The number of esters is 1. The molecule has 0 N–H and O–H groups in total. The van der Waals surface area contributed by atoms with Crippen LogP contribution < -0.4 is 4.74 Å². The molecule has 0 aliphatic rings. The molecule has 3 nitrogen and oxygen atoms in total. The minimum absolute atomic E-state index is 0.0503. The molecular formula is C16H13FO3. The monoisotopic (exact) mass is 272 g/mol. The first-order valence-electron chi connectivity index (χ1n) is 6.21. The van der Waals surface area contributed by atoms with Gasteiger partial charge in [-0.15, -0.1) is 0 Å². The van der Waals surface area contributed by atoms with Crippen LogP contribution in [0.5, 0.6) is 5.75 Å². The quantitative estimate of drug-likeness (QED) is 0.485. The molecule has 2 aromatic carbocycles. The number of Topliss-reactive ketones (excluding diaryl/α,β-unsaturated/α-hetero) is 1. The fourth-order valence-corrected chi connectivity index (χ4v) is 1.73. The van der Waals surface area contributed by atoms with Crippen LogP contribution in [-0.4, -0.2) is 11.8 Å². The van der Waals surface area contributed by atoms with Gasteiger partial charge in [0.05, 0.1) is 11.1 Å². The van der Waals surface area contributed by atoms with Crippen LogP contribution in [0.3, 0.4) is 0 Å². The molecule has 0 aliphatic carbocycles. The molecule has 0 saturated heterocycles. The highest BCUT2D eigenvalue weighted by Gasteiger charge is 2.16. The Morgan fingerprint density at radius 2 is 1.80 bits per heavy atom. The van der Waals surface area contributed by atoms with Crippen molar-refractivity contribution < 1.29 is 18.7 Å². The summed E-state index contributed by atoms with van der Waals surface area (Å²) in [6.07, 6.45) is 0.252. The van der Waals surface area contributed by atoms with Crippen molar-refractivity contribution in [3.8, 4) is 5.75 Å². The summed E-state index contributed by atoms with van der Waals surface area (Å²) < 4.78 is 18.4. The highest BCUT2D eigenvalue weighted by Crippen LogP contribution is 2.22. The summed E-state index contributed by atoms with van der Waals surface area (Å²) in [5.74, 6) is -1.44. The van der Waals surface area contributed by atoms with Gasteiger partial charge in [0.2, 0.25) is 0 Å². The van der Waals surface area contributed by atoms with Gasteiger partial charge in [-0.3, -0.25) is 4.79 Å². The lowest BCUT2D eigenvalue weighted by Gasteiger charge is -2.09. The van der Waals surface area contributed by atoms with Gasteiger partial charge in [-0.1, -0.05) is 25.1 Å². The molecule has 0 aromatic heterocycles. The fourth-order valence-electron chi connectivity index (χ4n) is 1.73. The number of ketones is 1. The lowest BCUT2D eigenvalue weighted by molar-refractivity contribution is 0.0732. The molecule has 0 saturated carbocycles. The molecule has 4 heteroatoms. The van der Waals surface area contributed by atoms with Crippen molar-refractivity contribution in [2.24, 2.45) is 0 Å². The number of halogens is 1. The zero-order valence-corrected chi connectivity index (χ0v) is 10.9. The molecule has 2 rings (SSSR count). The van der Waals surface area contributed by atoms with E-state index in [1.54, 1.807) is 37.3 Å². The van der Waals surface area contributed by atoms with Gasteiger partial charge in [0.25, 0.3) is 0 Å². The molecule has 0 radical (unpaired) electrons. The third-order valence-electron chi connectivity index (χ3n) is 2.78. The average Bonchev–Trinajstić information content (AvgIpc) is 2.47. The number of carbonyl (C=O) groups excluding carboxylic acids is 2. The topological polar surface area (TPSA) is 43.4 Å². The Labute approximate surface area is 116 Å². The summed E-state index contributed by atoms with van der Waals surface area (Å²) in [5.41, 5.74) is 0.546. The Kier molecular flexibility index (Phi) is 4.25. The SMILES string of the molecule is CCC(=O)c1ccc(F)cc1OC(=O)c1ccccc1. The van der Waals surface area contributed by atoms with Crippen molar-refractivity contribution in [2.45, 2.75) is 13.3 Å². The third-order valence-corrected chi connectivity index (χ3v) is 2.78. The van der Waals surface area contributed by atoms with Crippen LogP contribution >= 0.6 is 0 Å². The van der Waals surface area contributed by atoms with Crippen molar-refractivity contribution in [1.82, 2.24) is 0 Å². The van der Waals surface area contributed by atoms with Crippen LogP contribution in [0.25, 0.3) is 0 Å². The molecule has 0 amide bonds. The van der Waals surface area contributed by atoms with E-state index in [-0.39, 0.29) is 23.5 Å². The van der Waals surface area contributed by atoms with Crippen molar-refractivity contribution in [3.05, 3.63) is 65.5 Å². The molecule has 2 aromatic rings. The molecule has 0 spiro atoms. The average molecular weight is 272 g/mol. The summed E-state index contributed by atoms with van der Waals surface area (Å²) >= 11 is 0. The molecule has 0 unspecified atom stereocenters. The normalized spacial score (nSPS) is 10.1. The zero-order valence-electron chi connectivity index (χ0n) is 10.9. The molecule has 20 heavy (non-hydrogen) atoms. The van der Waals surface area contributed by atoms with Gasteiger partial charge in [0.15, 0.2) is 5.78 Å². The molecular weight excluding hydrogens is 259 g/mol. The molecule has 0 aliphatic heterocycles. The van der Waals surface area contributed by atoms with Crippen molar-refractivity contribution >= 4 is 11.8 Å². The highest BCUT2D eigenvalue weighted by atomic mass is 19.1. The van der Waals surface area contributed by atoms with Gasteiger partial charge < -0.3 is 4.74 Å². The summed E-state index contributed by atoms with van der Waals surface area (Å²) in [5, 5.41) is 0. The Morgan fingerprint density at radius 1 is 1.10 bits per heavy atom. The lowest BCUT2D eigenvalue weighted by Crippen LogP contribution is -2.11. The number of rotatable bonds is 4. The lowest BCUT2D eigenvalue weighted by atomic mass is 10.1. The summed E-state index contributed by atoms with van der Waals surface area (Å²) in [6, 6.07) is 11.9. The van der Waals surface area contributed by atoms with Gasteiger partial charge in [0, 0.05) is 12.5 Å². The van der Waals surface area contributed by atoms with Crippen LogP contribution in [-0.2, 0) is 0 Å². The third kappa shape index (κ3) is 3.09. The van der Waals surface area contributed by atoms with Gasteiger partial charge in [0.1, 0.15) is 11.6 Å². The first kappa shape index (κ1) is 13.9. The second-order valence-corrected chi connectivity index (χ2v) is 4.17. The maximum absolute atomic E-state index is 13.3. The summed E-state index contributed by atoms with van der Waals surface area (Å²) in [7, 11) is 0. The number of hydrogen-bond donors (Lipinski definition) is 0. The van der Waals surface area contributed by atoms with Gasteiger partial charge >= 0.3 is 5.97 Å². The minimum atomic E-state index is -0.624. The predicted octanol–water partition coefficient (Wildman–Crippen LogP) is 3.64. The predicted molar refractivity (Wildman–Crippen MR) is 72.4 cm³/mol. The number of hydrogen-bond acceptors (Lipinski definition) is 3. The van der Waals surface area contributed by atoms with Crippen molar-refractivity contribution in [2.75, 3.05) is 0 Å². The standard InChI is InChI=1S/C16H13FO3/c1-2-14(18)13-9-8-12(17)10-15(13)20-16(19)11-6-4-3-5-7-11/h3-10H,2H2,1H3. The highest BCUT2D eigenvalue weighted by molar-refractivity contribution is 6.00. The first-order valence-corrected chi connectivity index (χ1v) is 6.21. The summed E-state index contributed by atoms with van der Waals surface area (Å²) in [4.78, 5) is 23.7. The Bertz CT molecular complexity index is 635. The van der Waals surface area contributed by atoms with Crippen LogP contribution in [0.15, 0.2) is 48.5 Å². The van der Waals surface area contributed by atoms with Gasteiger partial charge in [-0.05, 0) is 24.3 Å². The first-order chi connectivity index (χ1) is 9.61. The fraction of sp³-hybridized carbons (Fsp3) is 0.125. The molecule has 0 atom stereocenters. The van der Waals surface area contributed by atoms with E-state index >= 15 is 0 Å². The van der Waals surface area contributed by atoms with E-state index in [1.165, 1.54) is 12.1 Å². The van der Waals surface area contributed by atoms with Gasteiger partial charge in [-0.2, -0.15) is 0 Å². The smallest absolute Gasteiger partial charge is 0.343 e. The second-order valence-electron chi connectivity index (χ2n) is 4.17. The number of benzene rings is 2. The minimum Gasteiger partial charge on any atom is -0.422 e. The van der Waals surface area contributed by atoms with Crippen LogP contribution in [0, 0.1) is 5.82 Å². The van der Waals surface area contributed by atoms with E-state index < -0.39 is 11.8 Å². The van der Waals surface area contributed by atoms with Crippen molar-refractivity contribution in [3.63, 3.8) is 0 Å². The van der Waals surface area contributed by atoms with Crippen LogP contribution in [0.4, 0.5) is 4.39 Å². The number of ether oxygens (including phenoxy) is 1.